The Morgan fingerprint density at radius 1 is 1.42 bits per heavy atom. The molecular formula is C14H22FN3O. The monoisotopic (exact) mass is 267 g/mol. The van der Waals surface area contributed by atoms with Crippen LogP contribution in [-0.2, 0) is 17.9 Å². The molecule has 0 aromatic heterocycles. The molecule has 19 heavy (non-hydrogen) atoms. The smallest absolute Gasteiger partial charge is 0.233 e. The minimum atomic E-state index is -0.261. The van der Waals surface area contributed by atoms with Gasteiger partial charge < -0.3 is 11.1 Å². The molecule has 106 valence electrons. The fourth-order valence-electron chi connectivity index (χ4n) is 1.97. The lowest BCUT2D eigenvalue weighted by Crippen LogP contribution is -2.36. The summed E-state index contributed by atoms with van der Waals surface area (Å²) in [6.45, 7) is 3.66. The molecule has 0 saturated carbocycles. The summed E-state index contributed by atoms with van der Waals surface area (Å²) in [5, 5.41) is 2.58. The van der Waals surface area contributed by atoms with E-state index in [0.717, 1.165) is 13.0 Å². The molecule has 0 unspecified atom stereocenters. The van der Waals surface area contributed by atoms with Gasteiger partial charge in [-0.05, 0) is 13.0 Å². The molecule has 0 heterocycles. The van der Waals surface area contributed by atoms with Gasteiger partial charge in [0.2, 0.25) is 5.91 Å². The molecule has 3 N–H and O–H groups in total. The molecule has 0 atom stereocenters. The van der Waals surface area contributed by atoms with E-state index in [2.05, 4.69) is 5.32 Å². The van der Waals surface area contributed by atoms with Crippen molar-refractivity contribution >= 4 is 5.91 Å². The van der Waals surface area contributed by atoms with Gasteiger partial charge >= 0.3 is 0 Å². The van der Waals surface area contributed by atoms with Crippen LogP contribution in [0, 0.1) is 5.82 Å². The number of rotatable bonds is 7. The van der Waals surface area contributed by atoms with Crippen molar-refractivity contribution in [2.24, 2.45) is 5.73 Å². The number of hydrogen-bond donors (Lipinski definition) is 2. The second-order valence-corrected chi connectivity index (χ2v) is 4.48. The molecule has 0 aliphatic heterocycles. The van der Waals surface area contributed by atoms with E-state index in [9.17, 15) is 9.18 Å². The maximum atomic E-state index is 14.1. The minimum Gasteiger partial charge on any atom is -0.358 e. The average Bonchev–Trinajstić information content (AvgIpc) is 2.41. The fourth-order valence-corrected chi connectivity index (χ4v) is 1.97. The maximum Gasteiger partial charge on any atom is 0.233 e. The van der Waals surface area contributed by atoms with Crippen LogP contribution in [0.1, 0.15) is 24.5 Å². The summed E-state index contributed by atoms with van der Waals surface area (Å²) >= 11 is 0. The van der Waals surface area contributed by atoms with Crippen molar-refractivity contribution in [1.29, 1.82) is 0 Å². The summed E-state index contributed by atoms with van der Waals surface area (Å²) in [6, 6.07) is 5.22. The Bertz CT molecular complexity index is 423. The van der Waals surface area contributed by atoms with Crippen LogP contribution in [0.2, 0.25) is 0 Å². The summed E-state index contributed by atoms with van der Waals surface area (Å²) in [5.74, 6) is -0.327. The predicted octanol–water partition coefficient (Wildman–Crippen LogP) is 1.24. The second kappa shape index (κ2) is 7.86. The van der Waals surface area contributed by atoms with Gasteiger partial charge in [0.05, 0.1) is 6.54 Å². The standard InChI is InChI=1S/C14H22FN3O/c1-3-7-18(10-13(19)17-2)9-12-6-4-5-11(8-16)14(12)15/h4-6H,3,7-10,16H2,1-2H3,(H,17,19). The Kier molecular flexibility index (Phi) is 6.45. The zero-order valence-corrected chi connectivity index (χ0v) is 11.6. The van der Waals surface area contributed by atoms with Crippen molar-refractivity contribution in [2.75, 3.05) is 20.1 Å². The summed E-state index contributed by atoms with van der Waals surface area (Å²) in [5.41, 5.74) is 6.59. The number of hydrogen-bond acceptors (Lipinski definition) is 3. The summed E-state index contributed by atoms with van der Waals surface area (Å²) < 4.78 is 14.1. The normalized spacial score (nSPS) is 10.8. The predicted molar refractivity (Wildman–Crippen MR) is 73.9 cm³/mol. The van der Waals surface area contributed by atoms with Crippen LogP contribution in [0.25, 0.3) is 0 Å². The molecule has 0 bridgehead atoms. The number of nitrogens with zero attached hydrogens (tertiary/aromatic N) is 1. The van der Waals surface area contributed by atoms with E-state index in [1.165, 1.54) is 0 Å². The van der Waals surface area contributed by atoms with E-state index in [1.807, 2.05) is 11.8 Å². The van der Waals surface area contributed by atoms with Crippen LogP contribution < -0.4 is 11.1 Å². The number of halogens is 1. The first-order chi connectivity index (χ1) is 9.12. The number of nitrogens with two attached hydrogens (primary N) is 1. The SMILES string of the molecule is CCCN(CC(=O)NC)Cc1cccc(CN)c1F. The van der Waals surface area contributed by atoms with E-state index < -0.39 is 0 Å². The fraction of sp³-hybridized carbons (Fsp3) is 0.500. The van der Waals surface area contributed by atoms with Crippen molar-refractivity contribution in [3.63, 3.8) is 0 Å². The van der Waals surface area contributed by atoms with Gasteiger partial charge in [-0.2, -0.15) is 0 Å². The van der Waals surface area contributed by atoms with Gasteiger partial charge in [-0.3, -0.25) is 9.69 Å². The van der Waals surface area contributed by atoms with Crippen molar-refractivity contribution in [3.05, 3.63) is 35.1 Å². The molecule has 5 heteroatoms. The molecule has 0 radical (unpaired) electrons. The number of benzene rings is 1. The molecule has 1 amide bonds. The van der Waals surface area contributed by atoms with Gasteiger partial charge in [0.25, 0.3) is 0 Å². The highest BCUT2D eigenvalue weighted by Gasteiger charge is 2.13. The van der Waals surface area contributed by atoms with Crippen LogP contribution in [-0.4, -0.2) is 30.9 Å². The quantitative estimate of drug-likeness (QED) is 0.781. The van der Waals surface area contributed by atoms with Crippen LogP contribution in [0.4, 0.5) is 4.39 Å². The summed E-state index contributed by atoms with van der Waals surface area (Å²) in [6.07, 6.45) is 0.912. The van der Waals surface area contributed by atoms with Crippen LogP contribution >= 0.6 is 0 Å². The van der Waals surface area contributed by atoms with E-state index in [1.54, 1.807) is 25.2 Å². The maximum absolute atomic E-state index is 14.1. The first-order valence-corrected chi connectivity index (χ1v) is 6.51. The van der Waals surface area contributed by atoms with Gasteiger partial charge in [0.1, 0.15) is 5.82 Å². The van der Waals surface area contributed by atoms with Crippen LogP contribution in [0.5, 0.6) is 0 Å². The number of amides is 1. The van der Waals surface area contributed by atoms with Gasteiger partial charge in [0.15, 0.2) is 0 Å². The molecule has 4 nitrogen and oxygen atoms in total. The molecule has 1 aromatic carbocycles. The van der Waals surface area contributed by atoms with Crippen molar-refractivity contribution in [1.82, 2.24) is 10.2 Å². The molecule has 0 aliphatic carbocycles. The lowest BCUT2D eigenvalue weighted by Gasteiger charge is -2.21. The zero-order chi connectivity index (χ0) is 14.3. The lowest BCUT2D eigenvalue weighted by molar-refractivity contribution is -0.121. The molecule has 1 aromatic rings. The number of nitrogens with one attached hydrogen (secondary N) is 1. The van der Waals surface area contributed by atoms with Gasteiger partial charge in [-0.1, -0.05) is 25.1 Å². The zero-order valence-electron chi connectivity index (χ0n) is 11.6. The molecular weight excluding hydrogens is 245 g/mol. The summed E-state index contributed by atoms with van der Waals surface area (Å²) in [7, 11) is 1.60. The lowest BCUT2D eigenvalue weighted by atomic mass is 10.1. The number of likely N-dealkylation sites (N-methyl/N-ethyl adjacent to an activating group) is 1. The Morgan fingerprint density at radius 2 is 2.11 bits per heavy atom. The number of carbonyl (C=O) groups excluding carboxylic acids is 1. The molecule has 0 aliphatic rings. The van der Waals surface area contributed by atoms with E-state index in [4.69, 9.17) is 5.73 Å². The molecule has 0 fully saturated rings. The third-order valence-corrected chi connectivity index (χ3v) is 2.96. The van der Waals surface area contributed by atoms with Gasteiger partial charge in [-0.15, -0.1) is 0 Å². The third-order valence-electron chi connectivity index (χ3n) is 2.96. The Labute approximate surface area is 113 Å². The van der Waals surface area contributed by atoms with Crippen LogP contribution in [0.15, 0.2) is 18.2 Å². The first kappa shape index (κ1) is 15.6. The molecule has 0 saturated heterocycles. The summed E-state index contributed by atoms with van der Waals surface area (Å²) in [4.78, 5) is 13.4. The largest absolute Gasteiger partial charge is 0.358 e. The van der Waals surface area contributed by atoms with Gasteiger partial charge in [-0.25, -0.2) is 4.39 Å². The third kappa shape index (κ3) is 4.61. The highest BCUT2D eigenvalue weighted by atomic mass is 19.1. The average molecular weight is 267 g/mol. The first-order valence-electron chi connectivity index (χ1n) is 6.51. The van der Waals surface area contributed by atoms with Gasteiger partial charge in [0, 0.05) is 31.3 Å². The van der Waals surface area contributed by atoms with E-state index in [0.29, 0.717) is 17.7 Å². The van der Waals surface area contributed by atoms with E-state index >= 15 is 0 Å². The van der Waals surface area contributed by atoms with Crippen LogP contribution in [0.3, 0.4) is 0 Å². The Morgan fingerprint density at radius 3 is 2.68 bits per heavy atom. The minimum absolute atomic E-state index is 0.0659. The number of carbonyl (C=O) groups is 1. The molecule has 1 rings (SSSR count). The topological polar surface area (TPSA) is 58.4 Å². The van der Waals surface area contributed by atoms with Crippen molar-refractivity contribution in [3.8, 4) is 0 Å². The molecule has 0 spiro atoms. The van der Waals surface area contributed by atoms with Crippen molar-refractivity contribution in [2.45, 2.75) is 26.4 Å². The highest BCUT2D eigenvalue weighted by Crippen LogP contribution is 2.14. The second-order valence-electron chi connectivity index (χ2n) is 4.48. The highest BCUT2D eigenvalue weighted by molar-refractivity contribution is 5.77. The van der Waals surface area contributed by atoms with Crippen molar-refractivity contribution < 1.29 is 9.18 Å². The Balaban J connectivity index is 2.81. The van der Waals surface area contributed by atoms with E-state index in [-0.39, 0.29) is 24.8 Å². The Hall–Kier alpha value is -1.46.